The van der Waals surface area contributed by atoms with Gasteiger partial charge in [-0.3, -0.25) is 9.59 Å². The van der Waals surface area contributed by atoms with Crippen LogP contribution in [0.2, 0.25) is 0 Å². The molecule has 32 heavy (non-hydrogen) atoms. The molecule has 1 aliphatic rings. The second-order valence-corrected chi connectivity index (χ2v) is 9.78. The van der Waals surface area contributed by atoms with Crippen molar-refractivity contribution in [2.75, 3.05) is 5.32 Å². The van der Waals surface area contributed by atoms with Crippen molar-refractivity contribution in [1.82, 2.24) is 25.3 Å². The predicted octanol–water partition coefficient (Wildman–Crippen LogP) is 2.05. The average molecular weight is 467 g/mol. The van der Waals surface area contributed by atoms with E-state index in [9.17, 15) is 18.0 Å². The molecule has 2 N–H and O–H groups in total. The minimum Gasteiger partial charge on any atom is -0.347 e. The zero-order chi connectivity index (χ0) is 22.3. The third kappa shape index (κ3) is 3.44. The SMILES string of the molecule is O=C(NCc1cnc(-n2ccnn2)s1)c1ccc2c(c1)NC(=O)c1ccccc1S2(=O)=O. The fourth-order valence-electron chi connectivity index (χ4n) is 3.26. The zero-order valence-electron chi connectivity index (χ0n) is 16.2. The fourth-order valence-corrected chi connectivity index (χ4v) is 5.64. The zero-order valence-corrected chi connectivity index (χ0v) is 17.9. The van der Waals surface area contributed by atoms with Crippen molar-refractivity contribution in [2.45, 2.75) is 16.3 Å². The molecule has 0 spiro atoms. The lowest BCUT2D eigenvalue weighted by molar-refractivity contribution is 0.0949. The number of nitrogens with zero attached hydrogens (tertiary/aromatic N) is 4. The van der Waals surface area contributed by atoms with Crippen molar-refractivity contribution in [3.8, 4) is 5.13 Å². The Hall–Kier alpha value is -3.90. The van der Waals surface area contributed by atoms with Crippen LogP contribution in [0.4, 0.5) is 5.69 Å². The second kappa shape index (κ2) is 7.66. The number of sulfone groups is 1. The van der Waals surface area contributed by atoms with Crippen LogP contribution in [0.3, 0.4) is 0 Å². The first kappa shape index (κ1) is 20.0. The molecule has 10 nitrogen and oxygen atoms in total. The first-order valence-corrected chi connectivity index (χ1v) is 11.6. The molecule has 2 aromatic carbocycles. The molecule has 0 bridgehead atoms. The van der Waals surface area contributed by atoms with Crippen LogP contribution in [0.25, 0.3) is 5.13 Å². The quantitative estimate of drug-likeness (QED) is 0.470. The van der Waals surface area contributed by atoms with Crippen molar-refractivity contribution in [3.05, 3.63) is 77.1 Å². The maximum absolute atomic E-state index is 13.0. The second-order valence-electron chi connectivity index (χ2n) is 6.80. The summed E-state index contributed by atoms with van der Waals surface area (Å²) in [5.41, 5.74) is 0.333. The van der Waals surface area contributed by atoms with Crippen LogP contribution >= 0.6 is 11.3 Å². The summed E-state index contributed by atoms with van der Waals surface area (Å²) in [6, 6.07) is 10.1. The van der Waals surface area contributed by atoms with Gasteiger partial charge in [0.15, 0.2) is 0 Å². The van der Waals surface area contributed by atoms with Gasteiger partial charge in [-0.15, -0.1) is 5.10 Å². The number of hydrogen-bond acceptors (Lipinski definition) is 8. The standard InChI is InChI=1S/C20H14N6O4S2/c27-18(21-10-13-11-22-20(31-13)26-8-7-23-25-26)12-5-6-17-15(9-12)24-19(28)14-3-1-2-4-16(14)32(17,29)30/h1-9,11H,10H2,(H,21,27)(H,24,28). The number of carbonyl (C=O) groups excluding carboxylic acids is 2. The molecule has 0 unspecified atom stereocenters. The predicted molar refractivity (Wildman–Crippen MR) is 114 cm³/mol. The number of nitrogens with one attached hydrogen (secondary N) is 2. The lowest BCUT2D eigenvalue weighted by Crippen LogP contribution is -2.22. The number of amides is 2. The molecule has 1 aliphatic heterocycles. The van der Waals surface area contributed by atoms with Crippen LogP contribution in [0.1, 0.15) is 25.6 Å². The fraction of sp³-hybridized carbons (Fsp3) is 0.0500. The van der Waals surface area contributed by atoms with E-state index in [1.54, 1.807) is 30.7 Å². The largest absolute Gasteiger partial charge is 0.347 e. The van der Waals surface area contributed by atoms with Gasteiger partial charge >= 0.3 is 0 Å². The van der Waals surface area contributed by atoms with Gasteiger partial charge in [-0.25, -0.2) is 13.4 Å². The monoisotopic (exact) mass is 466 g/mol. The number of anilines is 1. The summed E-state index contributed by atoms with van der Waals surface area (Å²) < 4.78 is 27.6. The Morgan fingerprint density at radius 3 is 2.81 bits per heavy atom. The van der Waals surface area contributed by atoms with E-state index in [0.717, 1.165) is 4.88 Å². The van der Waals surface area contributed by atoms with Crippen LogP contribution in [-0.4, -0.2) is 40.2 Å². The van der Waals surface area contributed by atoms with E-state index in [0.29, 0.717) is 5.13 Å². The van der Waals surface area contributed by atoms with Crippen LogP contribution in [0.5, 0.6) is 0 Å². The number of benzene rings is 2. The van der Waals surface area contributed by atoms with Gasteiger partial charge in [-0.05, 0) is 30.3 Å². The smallest absolute Gasteiger partial charge is 0.257 e. The number of rotatable bonds is 4. The van der Waals surface area contributed by atoms with Gasteiger partial charge in [-0.2, -0.15) is 4.68 Å². The molecule has 0 radical (unpaired) electrons. The molecule has 0 saturated heterocycles. The molecule has 0 saturated carbocycles. The van der Waals surface area contributed by atoms with Gasteiger partial charge in [0, 0.05) is 16.6 Å². The Kier molecular flexibility index (Phi) is 4.79. The summed E-state index contributed by atoms with van der Waals surface area (Å²) in [7, 11) is -3.92. The topological polar surface area (TPSA) is 136 Å². The minimum absolute atomic E-state index is 0.0584. The summed E-state index contributed by atoms with van der Waals surface area (Å²) >= 11 is 1.34. The van der Waals surface area contributed by atoms with Crippen LogP contribution in [0.15, 0.2) is 70.8 Å². The Labute approximate surface area is 185 Å². The number of carbonyl (C=O) groups is 2. The lowest BCUT2D eigenvalue weighted by Gasteiger charge is -2.10. The Morgan fingerprint density at radius 2 is 2.00 bits per heavy atom. The van der Waals surface area contributed by atoms with E-state index in [-0.39, 0.29) is 33.2 Å². The van der Waals surface area contributed by atoms with Crippen LogP contribution in [-0.2, 0) is 16.4 Å². The molecule has 3 heterocycles. The highest BCUT2D eigenvalue weighted by molar-refractivity contribution is 7.91. The molecule has 0 fully saturated rings. The van der Waals surface area contributed by atoms with Gasteiger partial charge in [0.2, 0.25) is 15.0 Å². The molecular weight excluding hydrogens is 452 g/mol. The van der Waals surface area contributed by atoms with Crippen LogP contribution < -0.4 is 10.6 Å². The van der Waals surface area contributed by atoms with E-state index in [1.165, 1.54) is 46.4 Å². The van der Waals surface area contributed by atoms with E-state index in [4.69, 9.17) is 0 Å². The van der Waals surface area contributed by atoms with Gasteiger partial charge in [0.1, 0.15) is 0 Å². The molecule has 160 valence electrons. The summed E-state index contributed by atoms with van der Waals surface area (Å²) in [5.74, 6) is -0.970. The maximum Gasteiger partial charge on any atom is 0.257 e. The summed E-state index contributed by atoms with van der Waals surface area (Å²) in [5, 5.41) is 13.6. The van der Waals surface area contributed by atoms with E-state index in [1.807, 2.05) is 0 Å². The highest BCUT2D eigenvalue weighted by atomic mass is 32.2. The minimum atomic E-state index is -3.92. The van der Waals surface area contributed by atoms with Gasteiger partial charge in [0.25, 0.3) is 11.8 Å². The number of hydrogen-bond donors (Lipinski definition) is 2. The van der Waals surface area contributed by atoms with Crippen molar-refractivity contribution in [1.29, 1.82) is 0 Å². The Bertz CT molecular complexity index is 1460. The molecular formula is C20H14N6O4S2. The molecule has 0 aliphatic carbocycles. The average Bonchev–Trinajstić information content (AvgIpc) is 3.47. The highest BCUT2D eigenvalue weighted by Crippen LogP contribution is 2.34. The van der Waals surface area contributed by atoms with Crippen molar-refractivity contribution in [2.24, 2.45) is 0 Å². The third-order valence-electron chi connectivity index (χ3n) is 4.78. The van der Waals surface area contributed by atoms with Crippen molar-refractivity contribution < 1.29 is 18.0 Å². The van der Waals surface area contributed by atoms with Gasteiger partial charge < -0.3 is 10.6 Å². The number of thiazole rings is 1. The van der Waals surface area contributed by atoms with Crippen molar-refractivity contribution >= 4 is 38.7 Å². The first-order chi connectivity index (χ1) is 15.4. The van der Waals surface area contributed by atoms with Gasteiger partial charge in [0.05, 0.1) is 40.0 Å². The Morgan fingerprint density at radius 1 is 1.16 bits per heavy atom. The molecule has 2 aromatic heterocycles. The summed E-state index contributed by atoms with van der Waals surface area (Å²) in [6.45, 7) is 0.221. The van der Waals surface area contributed by atoms with Gasteiger partial charge in [-0.1, -0.05) is 28.7 Å². The summed E-state index contributed by atoms with van der Waals surface area (Å²) in [4.78, 5) is 30.1. The maximum atomic E-state index is 13.0. The molecule has 5 rings (SSSR count). The lowest BCUT2D eigenvalue weighted by atomic mass is 10.1. The summed E-state index contributed by atoms with van der Waals surface area (Å²) in [6.07, 6.45) is 4.83. The molecule has 12 heteroatoms. The first-order valence-electron chi connectivity index (χ1n) is 9.32. The molecule has 2 amide bonds. The van der Waals surface area contributed by atoms with Crippen LogP contribution in [0, 0.1) is 0 Å². The Balaban J connectivity index is 1.38. The number of aromatic nitrogens is 4. The van der Waals surface area contributed by atoms with E-state index >= 15 is 0 Å². The van der Waals surface area contributed by atoms with Crippen molar-refractivity contribution in [3.63, 3.8) is 0 Å². The highest BCUT2D eigenvalue weighted by Gasteiger charge is 2.31. The molecule has 0 atom stereocenters. The number of fused-ring (bicyclic) bond motifs is 2. The third-order valence-corrected chi connectivity index (χ3v) is 7.64. The molecule has 4 aromatic rings. The normalized spacial score (nSPS) is 14.1. The van der Waals surface area contributed by atoms with E-state index < -0.39 is 21.7 Å². The van der Waals surface area contributed by atoms with E-state index in [2.05, 4.69) is 25.9 Å².